The van der Waals surface area contributed by atoms with E-state index >= 15 is 0 Å². The third-order valence-corrected chi connectivity index (χ3v) is 1.86. The SMILES string of the molecule is [C]1=NOC2CCCC12. The Bertz CT molecular complexity index is 122. The van der Waals surface area contributed by atoms with Crippen molar-refractivity contribution < 1.29 is 4.84 Å². The van der Waals surface area contributed by atoms with Crippen molar-refractivity contribution in [2.75, 3.05) is 0 Å². The van der Waals surface area contributed by atoms with Crippen molar-refractivity contribution >= 4 is 6.21 Å². The molecule has 2 heteroatoms. The molecule has 0 aromatic carbocycles. The summed E-state index contributed by atoms with van der Waals surface area (Å²) in [4.78, 5) is 4.99. The predicted octanol–water partition coefficient (Wildman–Crippen LogP) is 1.05. The first-order valence-corrected chi connectivity index (χ1v) is 3.08. The summed E-state index contributed by atoms with van der Waals surface area (Å²) in [5.74, 6) is 0.537. The molecule has 1 radical (unpaired) electrons. The van der Waals surface area contributed by atoms with Gasteiger partial charge < -0.3 is 4.84 Å². The molecule has 2 aliphatic rings. The van der Waals surface area contributed by atoms with Crippen LogP contribution in [0.4, 0.5) is 0 Å². The van der Waals surface area contributed by atoms with Crippen molar-refractivity contribution in [2.24, 2.45) is 11.1 Å². The van der Waals surface area contributed by atoms with E-state index in [0.29, 0.717) is 12.0 Å². The summed E-state index contributed by atoms with van der Waals surface area (Å²) in [6.45, 7) is 0. The second kappa shape index (κ2) is 1.47. The van der Waals surface area contributed by atoms with E-state index in [-0.39, 0.29) is 0 Å². The second-order valence-corrected chi connectivity index (χ2v) is 2.40. The van der Waals surface area contributed by atoms with Crippen molar-refractivity contribution in [1.29, 1.82) is 0 Å². The lowest BCUT2D eigenvalue weighted by Crippen LogP contribution is -2.09. The summed E-state index contributed by atoms with van der Waals surface area (Å²) in [5, 5.41) is 3.62. The normalized spacial score (nSPS) is 42.0. The summed E-state index contributed by atoms with van der Waals surface area (Å²) in [6.07, 6.45) is 7.02. The molecule has 0 aromatic heterocycles. The van der Waals surface area contributed by atoms with Crippen LogP contribution in [0.2, 0.25) is 0 Å². The van der Waals surface area contributed by atoms with E-state index < -0.39 is 0 Å². The van der Waals surface area contributed by atoms with Gasteiger partial charge in [-0.05, 0) is 19.3 Å². The van der Waals surface area contributed by atoms with Crippen LogP contribution in [-0.4, -0.2) is 12.3 Å². The predicted molar refractivity (Wildman–Crippen MR) is 29.6 cm³/mol. The van der Waals surface area contributed by atoms with Crippen molar-refractivity contribution in [3.05, 3.63) is 0 Å². The molecule has 1 heterocycles. The zero-order valence-electron chi connectivity index (χ0n) is 4.63. The van der Waals surface area contributed by atoms with Crippen molar-refractivity contribution in [2.45, 2.75) is 25.4 Å². The Morgan fingerprint density at radius 1 is 1.50 bits per heavy atom. The van der Waals surface area contributed by atoms with Crippen LogP contribution < -0.4 is 0 Å². The van der Waals surface area contributed by atoms with E-state index in [9.17, 15) is 0 Å². The van der Waals surface area contributed by atoms with Gasteiger partial charge in [0, 0.05) is 5.92 Å². The van der Waals surface area contributed by atoms with Gasteiger partial charge in [0.15, 0.2) is 0 Å². The van der Waals surface area contributed by atoms with E-state index in [0.717, 1.165) is 0 Å². The molecule has 1 fully saturated rings. The first-order valence-electron chi connectivity index (χ1n) is 3.08. The van der Waals surface area contributed by atoms with Crippen molar-refractivity contribution in [3.63, 3.8) is 0 Å². The molecule has 0 saturated heterocycles. The van der Waals surface area contributed by atoms with Gasteiger partial charge in [-0.2, -0.15) is 0 Å². The quantitative estimate of drug-likeness (QED) is 0.456. The Balaban J connectivity index is 2.13. The highest BCUT2D eigenvalue weighted by Crippen LogP contribution is 2.30. The van der Waals surface area contributed by atoms with E-state index in [1.165, 1.54) is 19.3 Å². The second-order valence-electron chi connectivity index (χ2n) is 2.40. The molecular formula is C6H8NO. The molecule has 2 nitrogen and oxygen atoms in total. The number of fused-ring (bicyclic) bond motifs is 1. The molecule has 2 rings (SSSR count). The highest BCUT2D eigenvalue weighted by molar-refractivity contribution is 5.62. The van der Waals surface area contributed by atoms with Gasteiger partial charge in [0.05, 0.1) is 0 Å². The van der Waals surface area contributed by atoms with Crippen LogP contribution in [0.25, 0.3) is 0 Å². The fraction of sp³-hybridized carbons (Fsp3) is 0.833. The maximum Gasteiger partial charge on any atom is 0.136 e. The highest BCUT2D eigenvalue weighted by atomic mass is 16.6. The topological polar surface area (TPSA) is 21.6 Å². The number of hydrogen-bond donors (Lipinski definition) is 0. The zero-order valence-corrected chi connectivity index (χ0v) is 4.63. The lowest BCUT2D eigenvalue weighted by atomic mass is 10.1. The van der Waals surface area contributed by atoms with Gasteiger partial charge in [0.2, 0.25) is 0 Å². The third kappa shape index (κ3) is 0.457. The van der Waals surface area contributed by atoms with Gasteiger partial charge in [-0.1, -0.05) is 5.16 Å². The average Bonchev–Trinajstić information content (AvgIpc) is 2.15. The Labute approximate surface area is 48.5 Å². The summed E-state index contributed by atoms with van der Waals surface area (Å²) < 4.78 is 0. The summed E-state index contributed by atoms with van der Waals surface area (Å²) >= 11 is 0. The maximum absolute atomic E-state index is 4.99. The minimum absolute atomic E-state index is 0.398. The smallest absolute Gasteiger partial charge is 0.136 e. The van der Waals surface area contributed by atoms with Crippen LogP contribution in [0.15, 0.2) is 5.16 Å². The van der Waals surface area contributed by atoms with Crippen LogP contribution in [0.5, 0.6) is 0 Å². The molecule has 1 saturated carbocycles. The zero-order chi connectivity index (χ0) is 5.40. The van der Waals surface area contributed by atoms with Gasteiger partial charge in [-0.25, -0.2) is 0 Å². The molecule has 43 valence electrons. The number of rotatable bonds is 0. The monoisotopic (exact) mass is 110 g/mol. The van der Waals surface area contributed by atoms with Crippen molar-refractivity contribution in [3.8, 4) is 0 Å². The highest BCUT2D eigenvalue weighted by Gasteiger charge is 2.31. The fourth-order valence-electron chi connectivity index (χ4n) is 1.37. The van der Waals surface area contributed by atoms with Gasteiger partial charge in [0.25, 0.3) is 0 Å². The molecule has 0 spiro atoms. The standard InChI is InChI=1S/C6H8NO/c1-2-5-4-7-8-6(5)3-1/h5-6H,1-3H2. The number of hydrogen-bond acceptors (Lipinski definition) is 2. The molecule has 0 N–H and O–H groups in total. The molecule has 2 atom stereocenters. The summed E-state index contributed by atoms with van der Waals surface area (Å²) in [6, 6.07) is 0. The Morgan fingerprint density at radius 2 is 2.50 bits per heavy atom. The summed E-state index contributed by atoms with van der Waals surface area (Å²) in [5.41, 5.74) is 0. The molecule has 8 heavy (non-hydrogen) atoms. The Hall–Kier alpha value is -0.530. The average molecular weight is 110 g/mol. The minimum atomic E-state index is 0.398. The Kier molecular flexibility index (Phi) is 0.802. The van der Waals surface area contributed by atoms with Crippen LogP contribution in [0.1, 0.15) is 19.3 Å². The lowest BCUT2D eigenvalue weighted by molar-refractivity contribution is 0.0746. The molecule has 2 unspecified atom stereocenters. The number of nitrogens with zero attached hydrogens (tertiary/aromatic N) is 1. The molecular weight excluding hydrogens is 102 g/mol. The molecule has 1 aliphatic heterocycles. The minimum Gasteiger partial charge on any atom is -0.391 e. The van der Waals surface area contributed by atoms with Gasteiger partial charge in [0.1, 0.15) is 12.3 Å². The van der Waals surface area contributed by atoms with Crippen molar-refractivity contribution in [1.82, 2.24) is 0 Å². The van der Waals surface area contributed by atoms with Crippen LogP contribution in [0, 0.1) is 5.92 Å². The fourth-order valence-corrected chi connectivity index (χ4v) is 1.37. The van der Waals surface area contributed by atoms with Gasteiger partial charge in [-0.15, -0.1) is 0 Å². The molecule has 0 bridgehead atoms. The molecule has 0 amide bonds. The Morgan fingerprint density at radius 3 is 3.38 bits per heavy atom. The van der Waals surface area contributed by atoms with Gasteiger partial charge in [-0.3, -0.25) is 0 Å². The molecule has 1 aliphatic carbocycles. The third-order valence-electron chi connectivity index (χ3n) is 1.86. The van der Waals surface area contributed by atoms with E-state index in [1.807, 2.05) is 0 Å². The first-order chi connectivity index (χ1) is 3.97. The lowest BCUT2D eigenvalue weighted by Gasteiger charge is -2.01. The van der Waals surface area contributed by atoms with Gasteiger partial charge >= 0.3 is 0 Å². The van der Waals surface area contributed by atoms with Crippen LogP contribution >= 0.6 is 0 Å². The van der Waals surface area contributed by atoms with Crippen LogP contribution in [0.3, 0.4) is 0 Å². The largest absolute Gasteiger partial charge is 0.391 e. The maximum atomic E-state index is 4.99. The molecule has 0 aromatic rings. The van der Waals surface area contributed by atoms with E-state index in [2.05, 4.69) is 11.4 Å². The van der Waals surface area contributed by atoms with Crippen LogP contribution in [-0.2, 0) is 4.84 Å². The summed E-state index contributed by atoms with van der Waals surface area (Å²) in [7, 11) is 0. The van der Waals surface area contributed by atoms with E-state index in [1.54, 1.807) is 0 Å². The van der Waals surface area contributed by atoms with E-state index in [4.69, 9.17) is 4.84 Å². The first kappa shape index (κ1) is 4.36.